The van der Waals surface area contributed by atoms with Crippen LogP contribution in [0, 0.1) is 5.41 Å². The highest BCUT2D eigenvalue weighted by molar-refractivity contribution is 5.05. The molecule has 0 aliphatic rings. The second kappa shape index (κ2) is 3.43. The first kappa shape index (κ1) is 8.40. The molecule has 2 nitrogen and oxygen atoms in total. The Morgan fingerprint density at radius 1 is 1.11 bits per heavy atom. The number of aliphatic hydroxyl groups excluding tert-OH is 2. The van der Waals surface area contributed by atoms with Crippen molar-refractivity contribution in [2.45, 2.75) is 0 Å². The lowest BCUT2D eigenvalue weighted by molar-refractivity contribution is 0.129. The highest BCUT2D eigenvalue weighted by Crippen LogP contribution is 2.16. The van der Waals surface area contributed by atoms with Gasteiger partial charge in [-0.15, -0.1) is 13.2 Å². The van der Waals surface area contributed by atoms with Gasteiger partial charge in [0, 0.05) is 0 Å². The van der Waals surface area contributed by atoms with Gasteiger partial charge in [-0.3, -0.25) is 0 Å². The number of hydrogen-bond donors (Lipinski definition) is 2. The molecule has 0 aliphatic carbocycles. The summed E-state index contributed by atoms with van der Waals surface area (Å²) >= 11 is 0. The van der Waals surface area contributed by atoms with Gasteiger partial charge in [0.2, 0.25) is 0 Å². The number of rotatable bonds is 4. The van der Waals surface area contributed by atoms with Crippen LogP contribution in [0.1, 0.15) is 0 Å². The minimum absolute atomic E-state index is 0.142. The monoisotopic (exact) mass is 128 g/mol. The van der Waals surface area contributed by atoms with Crippen LogP contribution in [-0.2, 0) is 0 Å². The van der Waals surface area contributed by atoms with Crippen molar-refractivity contribution in [1.82, 2.24) is 0 Å². The predicted octanol–water partition coefficient (Wildman–Crippen LogP) is 0.329. The fraction of sp³-hybridized carbons (Fsp3) is 0.429. The lowest BCUT2D eigenvalue weighted by atomic mass is 9.91. The molecule has 0 fully saturated rings. The quantitative estimate of drug-likeness (QED) is 0.536. The molecule has 0 spiro atoms. The third-order valence-corrected chi connectivity index (χ3v) is 1.40. The first-order valence-corrected chi connectivity index (χ1v) is 2.73. The first-order valence-electron chi connectivity index (χ1n) is 2.73. The van der Waals surface area contributed by atoms with Crippen LogP contribution in [0.25, 0.3) is 0 Å². The van der Waals surface area contributed by atoms with Crippen molar-refractivity contribution in [1.29, 1.82) is 0 Å². The van der Waals surface area contributed by atoms with Crippen molar-refractivity contribution in [2.75, 3.05) is 13.2 Å². The molecule has 0 aromatic heterocycles. The summed E-state index contributed by atoms with van der Waals surface area (Å²) in [5.74, 6) is 0. The van der Waals surface area contributed by atoms with E-state index in [2.05, 4.69) is 13.2 Å². The molecule has 2 N–H and O–H groups in total. The van der Waals surface area contributed by atoms with Crippen LogP contribution in [0.3, 0.4) is 0 Å². The zero-order chi connectivity index (χ0) is 7.33. The average Bonchev–Trinajstić information content (AvgIpc) is 1.95. The van der Waals surface area contributed by atoms with Gasteiger partial charge in [-0.05, 0) is 0 Å². The van der Waals surface area contributed by atoms with Crippen LogP contribution in [0.15, 0.2) is 25.3 Å². The van der Waals surface area contributed by atoms with E-state index in [1.807, 2.05) is 0 Å². The molecule has 0 aliphatic heterocycles. The molecule has 0 amide bonds. The maximum Gasteiger partial charge on any atom is 0.0578 e. The minimum Gasteiger partial charge on any atom is -0.395 e. The Morgan fingerprint density at radius 2 is 1.44 bits per heavy atom. The second-order valence-corrected chi connectivity index (χ2v) is 1.96. The van der Waals surface area contributed by atoms with Crippen molar-refractivity contribution in [3.63, 3.8) is 0 Å². The molecule has 0 rings (SSSR count). The van der Waals surface area contributed by atoms with E-state index in [1.54, 1.807) is 0 Å². The van der Waals surface area contributed by atoms with E-state index in [4.69, 9.17) is 10.2 Å². The van der Waals surface area contributed by atoms with E-state index in [-0.39, 0.29) is 13.2 Å². The highest BCUT2D eigenvalue weighted by Gasteiger charge is 2.19. The van der Waals surface area contributed by atoms with Crippen molar-refractivity contribution in [3.05, 3.63) is 25.3 Å². The summed E-state index contributed by atoms with van der Waals surface area (Å²) in [6, 6.07) is 0. The minimum atomic E-state index is -0.694. The summed E-state index contributed by atoms with van der Waals surface area (Å²) in [5, 5.41) is 17.3. The third kappa shape index (κ3) is 1.66. The lowest BCUT2D eigenvalue weighted by Gasteiger charge is -2.19. The van der Waals surface area contributed by atoms with Crippen molar-refractivity contribution in [3.8, 4) is 0 Å². The van der Waals surface area contributed by atoms with Crippen molar-refractivity contribution < 1.29 is 10.2 Å². The van der Waals surface area contributed by atoms with Crippen LogP contribution in [0.4, 0.5) is 0 Å². The molecule has 9 heavy (non-hydrogen) atoms. The average molecular weight is 128 g/mol. The largest absolute Gasteiger partial charge is 0.395 e. The van der Waals surface area contributed by atoms with Crippen molar-refractivity contribution >= 4 is 0 Å². The molecule has 0 aromatic rings. The molecule has 2 heteroatoms. The molecule has 0 atom stereocenters. The summed E-state index contributed by atoms with van der Waals surface area (Å²) in [4.78, 5) is 0. The van der Waals surface area contributed by atoms with Crippen molar-refractivity contribution in [2.24, 2.45) is 5.41 Å². The van der Waals surface area contributed by atoms with Gasteiger partial charge in [-0.1, -0.05) is 12.2 Å². The van der Waals surface area contributed by atoms with Crippen LogP contribution in [0.5, 0.6) is 0 Å². The molecule has 0 unspecified atom stereocenters. The van der Waals surface area contributed by atoms with Gasteiger partial charge < -0.3 is 10.2 Å². The maximum absolute atomic E-state index is 8.67. The van der Waals surface area contributed by atoms with Gasteiger partial charge in [0.25, 0.3) is 0 Å². The Hall–Kier alpha value is -0.600. The van der Waals surface area contributed by atoms with E-state index in [9.17, 15) is 0 Å². The van der Waals surface area contributed by atoms with Crippen LogP contribution < -0.4 is 0 Å². The second-order valence-electron chi connectivity index (χ2n) is 1.96. The summed E-state index contributed by atoms with van der Waals surface area (Å²) < 4.78 is 0. The Bertz CT molecular complexity index is 93.5. The molecule has 0 saturated heterocycles. The van der Waals surface area contributed by atoms with Gasteiger partial charge in [-0.2, -0.15) is 0 Å². The van der Waals surface area contributed by atoms with Crippen LogP contribution in [-0.4, -0.2) is 23.4 Å². The van der Waals surface area contributed by atoms with E-state index in [1.165, 1.54) is 12.2 Å². The van der Waals surface area contributed by atoms with E-state index in [0.29, 0.717) is 0 Å². The number of aliphatic hydroxyl groups is 2. The summed E-state index contributed by atoms with van der Waals surface area (Å²) in [7, 11) is 0. The normalized spacial score (nSPS) is 10.9. The Labute approximate surface area is 55.1 Å². The molecule has 52 valence electrons. The molecule has 0 bridgehead atoms. The zero-order valence-electron chi connectivity index (χ0n) is 5.38. The molecule has 0 radical (unpaired) electrons. The van der Waals surface area contributed by atoms with Gasteiger partial charge >= 0.3 is 0 Å². The first-order chi connectivity index (χ1) is 4.24. The standard InChI is InChI=1S/C7H12O2/c1-3-7(4-2,5-8)6-9/h3-4,8-9H,1-2,5-6H2. The maximum atomic E-state index is 8.67. The Morgan fingerprint density at radius 3 is 1.44 bits per heavy atom. The third-order valence-electron chi connectivity index (χ3n) is 1.40. The summed E-state index contributed by atoms with van der Waals surface area (Å²) in [6.07, 6.45) is 2.97. The lowest BCUT2D eigenvalue weighted by Crippen LogP contribution is -2.23. The van der Waals surface area contributed by atoms with Gasteiger partial charge in [-0.25, -0.2) is 0 Å². The molecule has 0 heterocycles. The molecular formula is C7H12O2. The van der Waals surface area contributed by atoms with Gasteiger partial charge in [0.15, 0.2) is 0 Å². The summed E-state index contributed by atoms with van der Waals surface area (Å²) in [5.41, 5.74) is -0.694. The van der Waals surface area contributed by atoms with E-state index in [0.717, 1.165) is 0 Å². The summed E-state index contributed by atoms with van der Waals surface area (Å²) in [6.45, 7) is 6.62. The molecule has 0 saturated carbocycles. The highest BCUT2D eigenvalue weighted by atomic mass is 16.3. The molecule has 0 aromatic carbocycles. The van der Waals surface area contributed by atoms with E-state index < -0.39 is 5.41 Å². The zero-order valence-corrected chi connectivity index (χ0v) is 5.38. The molecular weight excluding hydrogens is 116 g/mol. The SMILES string of the molecule is C=CC(C=C)(CO)CO. The van der Waals surface area contributed by atoms with Gasteiger partial charge in [0.1, 0.15) is 0 Å². The Kier molecular flexibility index (Phi) is 3.20. The smallest absolute Gasteiger partial charge is 0.0578 e. The fourth-order valence-corrected chi connectivity index (χ4v) is 0.392. The van der Waals surface area contributed by atoms with Gasteiger partial charge in [0.05, 0.1) is 18.6 Å². The topological polar surface area (TPSA) is 40.5 Å². The van der Waals surface area contributed by atoms with Crippen LogP contribution in [0.2, 0.25) is 0 Å². The predicted molar refractivity (Wildman–Crippen MR) is 37.0 cm³/mol. The number of hydrogen-bond acceptors (Lipinski definition) is 2. The van der Waals surface area contributed by atoms with E-state index >= 15 is 0 Å². The van der Waals surface area contributed by atoms with Crippen LogP contribution >= 0.6 is 0 Å². The Balaban J connectivity index is 4.15. The fourth-order valence-electron chi connectivity index (χ4n) is 0.392.